The van der Waals surface area contributed by atoms with Crippen LogP contribution in [0.3, 0.4) is 0 Å². The minimum Gasteiger partial charge on any atom is -0.485 e. The van der Waals surface area contributed by atoms with Crippen LogP contribution in [0.25, 0.3) is 0 Å². The molecule has 1 saturated heterocycles. The van der Waals surface area contributed by atoms with Crippen molar-refractivity contribution >= 4 is 17.2 Å². The number of aryl methyl sites for hydroxylation is 1. The van der Waals surface area contributed by atoms with Crippen molar-refractivity contribution < 1.29 is 18.7 Å². The lowest BCUT2D eigenvalue weighted by molar-refractivity contribution is 0.0731. The number of furan rings is 1. The predicted molar refractivity (Wildman–Crippen MR) is 104 cm³/mol. The Labute approximate surface area is 163 Å². The van der Waals surface area contributed by atoms with Crippen molar-refractivity contribution in [1.82, 2.24) is 9.80 Å². The van der Waals surface area contributed by atoms with Crippen molar-refractivity contribution in [2.45, 2.75) is 26.3 Å². The van der Waals surface area contributed by atoms with E-state index in [1.807, 2.05) is 30.3 Å². The van der Waals surface area contributed by atoms with Crippen LogP contribution < -0.4 is 9.47 Å². The monoisotopic (exact) mass is 390 g/mol. The van der Waals surface area contributed by atoms with Crippen molar-refractivity contribution in [2.24, 2.45) is 5.92 Å². The van der Waals surface area contributed by atoms with Gasteiger partial charge in [-0.25, -0.2) is 0 Å². The number of nitrogens with zero attached hydrogens (tertiary/aromatic N) is 2. The zero-order valence-corrected chi connectivity index (χ0v) is 16.7. The van der Waals surface area contributed by atoms with E-state index in [-0.39, 0.29) is 5.91 Å². The van der Waals surface area contributed by atoms with E-state index >= 15 is 0 Å². The van der Waals surface area contributed by atoms with Crippen molar-refractivity contribution in [3.63, 3.8) is 0 Å². The molecule has 7 heteroatoms. The van der Waals surface area contributed by atoms with E-state index in [0.717, 1.165) is 50.5 Å². The van der Waals surface area contributed by atoms with Crippen molar-refractivity contribution in [3.05, 3.63) is 33.9 Å². The van der Waals surface area contributed by atoms with Crippen LogP contribution in [0.2, 0.25) is 0 Å². The van der Waals surface area contributed by atoms with Crippen molar-refractivity contribution in [3.8, 4) is 11.5 Å². The lowest BCUT2D eigenvalue weighted by Gasteiger charge is -2.33. The van der Waals surface area contributed by atoms with Gasteiger partial charge in [0.1, 0.15) is 29.6 Å². The lowest BCUT2D eigenvalue weighted by atomic mass is 9.96. The first-order valence-corrected chi connectivity index (χ1v) is 10.4. The molecule has 4 rings (SSSR count). The number of rotatable bonds is 5. The molecule has 2 aliphatic rings. The van der Waals surface area contributed by atoms with Gasteiger partial charge in [-0.1, -0.05) is 0 Å². The van der Waals surface area contributed by atoms with E-state index in [4.69, 9.17) is 13.9 Å². The van der Waals surface area contributed by atoms with Gasteiger partial charge in [0.25, 0.3) is 5.91 Å². The standard InChI is InChI=1S/C20H26N2O4S/c1-14-3-4-16(26-14)12-22-7-5-15(6-8-22)11-21(2)20(23)19-18-17(13-27-19)24-9-10-25-18/h3-4,13,15H,5-12H2,1-2H3. The fraction of sp³-hybridized carbons (Fsp3) is 0.550. The molecule has 2 aliphatic heterocycles. The number of fused-ring (bicyclic) bond motifs is 1. The highest BCUT2D eigenvalue weighted by Crippen LogP contribution is 2.40. The van der Waals surface area contributed by atoms with Gasteiger partial charge in [-0.2, -0.15) is 0 Å². The summed E-state index contributed by atoms with van der Waals surface area (Å²) in [4.78, 5) is 17.7. The lowest BCUT2D eigenvalue weighted by Crippen LogP contribution is -2.39. The van der Waals surface area contributed by atoms with E-state index in [0.29, 0.717) is 35.5 Å². The Morgan fingerprint density at radius 1 is 1.26 bits per heavy atom. The molecule has 1 amide bonds. The molecule has 0 N–H and O–H groups in total. The first kappa shape index (κ1) is 18.4. The van der Waals surface area contributed by atoms with Gasteiger partial charge in [-0.3, -0.25) is 9.69 Å². The van der Waals surface area contributed by atoms with Crippen LogP contribution in [-0.2, 0) is 6.54 Å². The molecule has 0 aliphatic carbocycles. The van der Waals surface area contributed by atoms with Crippen LogP contribution in [0.15, 0.2) is 21.9 Å². The first-order valence-electron chi connectivity index (χ1n) is 9.50. The SMILES string of the molecule is Cc1ccc(CN2CCC(CN(C)C(=O)c3scc4c3OCCO4)CC2)o1. The summed E-state index contributed by atoms with van der Waals surface area (Å²) in [6.07, 6.45) is 2.19. The molecule has 0 spiro atoms. The average molecular weight is 391 g/mol. The zero-order chi connectivity index (χ0) is 18.8. The second kappa shape index (κ2) is 7.94. The largest absolute Gasteiger partial charge is 0.485 e. The van der Waals surface area contributed by atoms with Gasteiger partial charge >= 0.3 is 0 Å². The Bertz CT molecular complexity index is 792. The summed E-state index contributed by atoms with van der Waals surface area (Å²) < 4.78 is 16.9. The Morgan fingerprint density at radius 3 is 2.78 bits per heavy atom. The third-order valence-corrected chi connectivity index (χ3v) is 6.18. The quantitative estimate of drug-likeness (QED) is 0.783. The van der Waals surface area contributed by atoms with Crippen LogP contribution >= 0.6 is 11.3 Å². The molecule has 2 aromatic rings. The molecule has 1 fully saturated rings. The summed E-state index contributed by atoms with van der Waals surface area (Å²) >= 11 is 1.41. The summed E-state index contributed by atoms with van der Waals surface area (Å²) in [6, 6.07) is 4.07. The van der Waals surface area contributed by atoms with E-state index in [1.165, 1.54) is 11.3 Å². The van der Waals surface area contributed by atoms with E-state index < -0.39 is 0 Å². The van der Waals surface area contributed by atoms with Crippen LogP contribution in [0.5, 0.6) is 11.5 Å². The fourth-order valence-corrected chi connectivity index (χ4v) is 4.69. The number of ether oxygens (including phenoxy) is 2. The van der Waals surface area contributed by atoms with Crippen LogP contribution in [-0.4, -0.2) is 55.6 Å². The molecular weight excluding hydrogens is 364 g/mol. The molecule has 0 atom stereocenters. The molecule has 27 heavy (non-hydrogen) atoms. The van der Waals surface area contributed by atoms with E-state index in [2.05, 4.69) is 11.0 Å². The number of carbonyl (C=O) groups excluding carboxylic acids is 1. The Kier molecular flexibility index (Phi) is 5.41. The van der Waals surface area contributed by atoms with E-state index in [9.17, 15) is 4.79 Å². The minimum absolute atomic E-state index is 0.0280. The van der Waals surface area contributed by atoms with Gasteiger partial charge in [-0.05, 0) is 50.9 Å². The summed E-state index contributed by atoms with van der Waals surface area (Å²) in [5, 5.41) is 1.87. The number of amides is 1. The fourth-order valence-electron chi connectivity index (χ4n) is 3.77. The van der Waals surface area contributed by atoms with Crippen LogP contribution in [0.1, 0.15) is 34.0 Å². The second-order valence-corrected chi connectivity index (χ2v) is 8.25. The Hall–Kier alpha value is -1.99. The number of thiophene rings is 1. The number of hydrogen-bond donors (Lipinski definition) is 0. The molecule has 0 unspecified atom stereocenters. The van der Waals surface area contributed by atoms with Crippen LogP contribution in [0.4, 0.5) is 0 Å². The molecule has 0 radical (unpaired) electrons. The maximum atomic E-state index is 12.8. The molecule has 146 valence electrons. The van der Waals surface area contributed by atoms with Crippen LogP contribution in [0, 0.1) is 12.8 Å². The van der Waals surface area contributed by atoms with Gasteiger partial charge < -0.3 is 18.8 Å². The average Bonchev–Trinajstić information content (AvgIpc) is 3.28. The molecule has 6 nitrogen and oxygen atoms in total. The van der Waals surface area contributed by atoms with Gasteiger partial charge in [0.15, 0.2) is 11.5 Å². The Morgan fingerprint density at radius 2 is 2.04 bits per heavy atom. The summed E-state index contributed by atoms with van der Waals surface area (Å²) in [5.74, 6) is 3.87. The van der Waals surface area contributed by atoms with Gasteiger partial charge in [0.05, 0.1) is 6.54 Å². The number of piperidine rings is 1. The number of hydrogen-bond acceptors (Lipinski definition) is 6. The molecule has 0 bridgehead atoms. The van der Waals surface area contributed by atoms with Gasteiger partial charge in [0.2, 0.25) is 0 Å². The summed E-state index contributed by atoms with van der Waals surface area (Å²) in [5.41, 5.74) is 0. The van der Waals surface area contributed by atoms with Gasteiger partial charge in [0, 0.05) is 19.0 Å². The van der Waals surface area contributed by atoms with E-state index in [1.54, 1.807) is 0 Å². The highest BCUT2D eigenvalue weighted by atomic mass is 32.1. The highest BCUT2D eigenvalue weighted by molar-refractivity contribution is 7.12. The molecule has 4 heterocycles. The number of carbonyl (C=O) groups is 1. The Balaban J connectivity index is 1.28. The minimum atomic E-state index is 0.0280. The maximum absolute atomic E-state index is 12.8. The first-order chi connectivity index (χ1) is 13.1. The summed E-state index contributed by atoms with van der Waals surface area (Å²) in [6.45, 7) is 6.75. The molecule has 0 saturated carbocycles. The smallest absolute Gasteiger partial charge is 0.267 e. The topological polar surface area (TPSA) is 55.2 Å². The van der Waals surface area contributed by atoms with Gasteiger partial charge in [-0.15, -0.1) is 11.3 Å². The van der Waals surface area contributed by atoms with Crippen molar-refractivity contribution in [2.75, 3.05) is 39.9 Å². The highest BCUT2D eigenvalue weighted by Gasteiger charge is 2.28. The number of likely N-dealkylation sites (tertiary alicyclic amines) is 1. The normalized spacial score (nSPS) is 17.9. The maximum Gasteiger partial charge on any atom is 0.267 e. The van der Waals surface area contributed by atoms with Crippen molar-refractivity contribution in [1.29, 1.82) is 0 Å². The molecular formula is C20H26N2O4S. The molecule has 0 aromatic carbocycles. The zero-order valence-electron chi connectivity index (χ0n) is 15.9. The predicted octanol–water partition coefficient (Wildman–Crippen LogP) is 3.40. The second-order valence-electron chi connectivity index (χ2n) is 7.37. The third-order valence-electron chi connectivity index (χ3n) is 5.26. The molecule has 2 aromatic heterocycles. The summed E-state index contributed by atoms with van der Waals surface area (Å²) in [7, 11) is 1.89. The third kappa shape index (κ3) is 4.14.